The van der Waals surface area contributed by atoms with Gasteiger partial charge in [-0.1, -0.05) is 34.8 Å². The number of rotatable bonds is 4. The van der Waals surface area contributed by atoms with Crippen molar-refractivity contribution in [3.8, 4) is 5.75 Å². The van der Waals surface area contributed by atoms with Crippen molar-refractivity contribution in [3.63, 3.8) is 0 Å². The third kappa shape index (κ3) is 3.75. The molecule has 2 rings (SSSR count). The monoisotopic (exact) mass is 339 g/mol. The van der Waals surface area contributed by atoms with Crippen molar-refractivity contribution in [3.05, 3.63) is 29.3 Å². The molecule has 1 fully saturated rings. The molecule has 0 spiro atoms. The van der Waals surface area contributed by atoms with Gasteiger partial charge in [0.1, 0.15) is 5.75 Å². The van der Waals surface area contributed by atoms with E-state index in [1.807, 2.05) is 6.92 Å². The van der Waals surface area contributed by atoms with E-state index < -0.39 is 0 Å². The molecule has 1 saturated carbocycles. The topological polar surface area (TPSA) is 49.3 Å². The van der Waals surface area contributed by atoms with Gasteiger partial charge in [0.2, 0.25) is 0 Å². The number of hydrogen-bond acceptors (Lipinski definition) is 2. The minimum Gasteiger partial charge on any atom is -0.508 e. The number of aromatic hydroxyl groups is 1. The molecule has 4 heteroatoms. The normalized spacial score (nSPS) is 22.5. The summed E-state index contributed by atoms with van der Waals surface area (Å²) in [4.78, 5) is 12.1. The highest BCUT2D eigenvalue weighted by atomic mass is 79.9. The molecule has 1 aromatic rings. The third-order valence-corrected chi connectivity index (χ3v) is 5.09. The van der Waals surface area contributed by atoms with Crippen molar-refractivity contribution in [2.75, 3.05) is 11.9 Å². The fraction of sp³-hybridized carbons (Fsp3) is 0.562. The Bertz CT molecular complexity index is 476. The highest BCUT2D eigenvalue weighted by Crippen LogP contribution is 2.30. The summed E-state index contributed by atoms with van der Waals surface area (Å²) < 4.78 is 0. The molecule has 0 aromatic heterocycles. The smallest absolute Gasteiger partial charge is 0.251 e. The Balaban J connectivity index is 1.92. The van der Waals surface area contributed by atoms with Crippen molar-refractivity contribution in [2.24, 2.45) is 11.8 Å². The van der Waals surface area contributed by atoms with Crippen LogP contribution in [0.2, 0.25) is 0 Å². The minimum atomic E-state index is -0.0980. The number of amides is 1. The number of alkyl halides is 1. The second-order valence-corrected chi connectivity index (χ2v) is 6.32. The predicted octanol–water partition coefficient (Wildman–Crippen LogP) is 3.63. The fourth-order valence-electron chi connectivity index (χ4n) is 2.83. The van der Waals surface area contributed by atoms with Crippen LogP contribution in [0.4, 0.5) is 0 Å². The molecule has 0 radical (unpaired) electrons. The Hall–Kier alpha value is -1.03. The van der Waals surface area contributed by atoms with Gasteiger partial charge >= 0.3 is 0 Å². The lowest BCUT2D eigenvalue weighted by molar-refractivity contribution is 0.0936. The molecular weight excluding hydrogens is 318 g/mol. The summed E-state index contributed by atoms with van der Waals surface area (Å²) >= 11 is 3.58. The second kappa shape index (κ2) is 7.11. The van der Waals surface area contributed by atoms with E-state index in [4.69, 9.17) is 0 Å². The number of aryl methyl sites for hydroxylation is 1. The first-order chi connectivity index (χ1) is 9.61. The van der Waals surface area contributed by atoms with E-state index in [2.05, 4.69) is 21.2 Å². The average Bonchev–Trinajstić information content (AvgIpc) is 2.47. The van der Waals surface area contributed by atoms with E-state index in [0.717, 1.165) is 17.4 Å². The SMILES string of the molecule is Cc1ccc(C(=O)NCC2CCCCC2CBr)cc1O. The summed E-state index contributed by atoms with van der Waals surface area (Å²) in [6, 6.07) is 5.06. The van der Waals surface area contributed by atoms with Crippen molar-refractivity contribution >= 4 is 21.8 Å². The van der Waals surface area contributed by atoms with Gasteiger partial charge in [-0.05, 0) is 49.3 Å². The summed E-state index contributed by atoms with van der Waals surface area (Å²) in [5.74, 6) is 1.30. The van der Waals surface area contributed by atoms with Gasteiger partial charge in [0, 0.05) is 17.4 Å². The van der Waals surface area contributed by atoms with Crippen LogP contribution in [0.3, 0.4) is 0 Å². The summed E-state index contributed by atoms with van der Waals surface area (Å²) in [6.45, 7) is 2.55. The molecule has 0 saturated heterocycles. The Kier molecular flexibility index (Phi) is 5.46. The summed E-state index contributed by atoms with van der Waals surface area (Å²) in [7, 11) is 0. The van der Waals surface area contributed by atoms with Gasteiger partial charge in [-0.2, -0.15) is 0 Å². The lowest BCUT2D eigenvalue weighted by atomic mass is 9.80. The third-order valence-electron chi connectivity index (χ3n) is 4.26. The van der Waals surface area contributed by atoms with E-state index in [1.54, 1.807) is 12.1 Å². The van der Waals surface area contributed by atoms with Gasteiger partial charge in [-0.15, -0.1) is 0 Å². The minimum absolute atomic E-state index is 0.0980. The van der Waals surface area contributed by atoms with Crippen LogP contribution in [-0.2, 0) is 0 Å². The number of carbonyl (C=O) groups is 1. The lowest BCUT2D eigenvalue weighted by Crippen LogP contribution is -2.34. The number of carbonyl (C=O) groups excluding carboxylic acids is 1. The Morgan fingerprint density at radius 1 is 1.35 bits per heavy atom. The number of halogens is 1. The number of phenolic OH excluding ortho intramolecular Hbond substituents is 1. The van der Waals surface area contributed by atoms with Crippen molar-refractivity contribution in [1.29, 1.82) is 0 Å². The van der Waals surface area contributed by atoms with E-state index in [0.29, 0.717) is 17.4 Å². The Morgan fingerprint density at radius 2 is 2.05 bits per heavy atom. The van der Waals surface area contributed by atoms with Crippen LogP contribution in [-0.4, -0.2) is 22.9 Å². The number of hydrogen-bond donors (Lipinski definition) is 2. The molecule has 2 atom stereocenters. The molecule has 1 aliphatic carbocycles. The van der Waals surface area contributed by atoms with Gasteiger partial charge in [0.25, 0.3) is 5.91 Å². The van der Waals surface area contributed by atoms with Gasteiger partial charge in [-0.25, -0.2) is 0 Å². The maximum Gasteiger partial charge on any atom is 0.251 e. The molecular formula is C16H22BrNO2. The van der Waals surface area contributed by atoms with E-state index in [9.17, 15) is 9.90 Å². The molecule has 2 N–H and O–H groups in total. The first-order valence-corrected chi connectivity index (χ1v) is 8.37. The molecule has 20 heavy (non-hydrogen) atoms. The highest BCUT2D eigenvalue weighted by molar-refractivity contribution is 9.09. The Labute approximate surface area is 128 Å². The summed E-state index contributed by atoms with van der Waals surface area (Å²) in [5.41, 5.74) is 1.31. The van der Waals surface area contributed by atoms with E-state index in [1.165, 1.54) is 31.7 Å². The van der Waals surface area contributed by atoms with Crippen LogP contribution in [0, 0.1) is 18.8 Å². The maximum absolute atomic E-state index is 12.1. The summed E-state index contributed by atoms with van der Waals surface area (Å²) in [5, 5.41) is 13.7. The van der Waals surface area contributed by atoms with Crippen LogP contribution in [0.5, 0.6) is 5.75 Å². The molecule has 2 unspecified atom stereocenters. The number of nitrogens with one attached hydrogen (secondary N) is 1. The molecule has 1 amide bonds. The number of phenols is 1. The quantitative estimate of drug-likeness (QED) is 0.823. The second-order valence-electron chi connectivity index (χ2n) is 5.67. The molecule has 1 aliphatic rings. The predicted molar refractivity (Wildman–Crippen MR) is 84.4 cm³/mol. The highest BCUT2D eigenvalue weighted by Gasteiger charge is 2.24. The van der Waals surface area contributed by atoms with Crippen molar-refractivity contribution in [1.82, 2.24) is 5.32 Å². The van der Waals surface area contributed by atoms with E-state index >= 15 is 0 Å². The van der Waals surface area contributed by atoms with Crippen LogP contribution < -0.4 is 5.32 Å². The Morgan fingerprint density at radius 3 is 2.70 bits per heavy atom. The zero-order chi connectivity index (χ0) is 14.5. The molecule has 3 nitrogen and oxygen atoms in total. The number of benzene rings is 1. The first-order valence-electron chi connectivity index (χ1n) is 7.25. The van der Waals surface area contributed by atoms with E-state index in [-0.39, 0.29) is 11.7 Å². The summed E-state index contributed by atoms with van der Waals surface area (Å²) in [6.07, 6.45) is 4.99. The zero-order valence-corrected chi connectivity index (χ0v) is 13.4. The first kappa shape index (κ1) is 15.4. The van der Waals surface area contributed by atoms with Gasteiger partial charge in [0.05, 0.1) is 0 Å². The molecule has 0 aliphatic heterocycles. The van der Waals surface area contributed by atoms with Crippen molar-refractivity contribution < 1.29 is 9.90 Å². The maximum atomic E-state index is 12.1. The molecule has 110 valence electrons. The van der Waals surface area contributed by atoms with Crippen molar-refractivity contribution in [2.45, 2.75) is 32.6 Å². The van der Waals surface area contributed by atoms with Gasteiger partial charge < -0.3 is 10.4 Å². The standard InChI is InChI=1S/C16H22BrNO2/c1-11-6-7-12(8-15(11)19)16(20)18-10-14-5-3-2-4-13(14)9-17/h6-8,13-14,19H,2-5,9-10H2,1H3,(H,18,20). The fourth-order valence-corrected chi connectivity index (χ4v) is 3.69. The average molecular weight is 340 g/mol. The molecule has 0 bridgehead atoms. The van der Waals surface area contributed by atoms with Crippen LogP contribution >= 0.6 is 15.9 Å². The van der Waals surface area contributed by atoms with Gasteiger partial charge in [-0.3, -0.25) is 4.79 Å². The molecule has 0 heterocycles. The van der Waals surface area contributed by atoms with Crippen LogP contribution in [0.1, 0.15) is 41.6 Å². The van der Waals surface area contributed by atoms with Gasteiger partial charge in [0.15, 0.2) is 0 Å². The largest absolute Gasteiger partial charge is 0.508 e. The van der Waals surface area contributed by atoms with Crippen LogP contribution in [0.15, 0.2) is 18.2 Å². The lowest BCUT2D eigenvalue weighted by Gasteiger charge is -2.30. The molecule has 1 aromatic carbocycles. The zero-order valence-electron chi connectivity index (χ0n) is 11.9. The van der Waals surface area contributed by atoms with Crippen LogP contribution in [0.25, 0.3) is 0 Å².